The maximum absolute atomic E-state index is 14.4. The van der Waals surface area contributed by atoms with Gasteiger partial charge in [-0.15, -0.1) is 0 Å². The molecule has 2 atom stereocenters. The molecule has 0 bridgehead atoms. The fourth-order valence-corrected chi connectivity index (χ4v) is 7.40. The second kappa shape index (κ2) is 18.5. The molecule has 330 valence electrons. The highest BCUT2D eigenvalue weighted by Gasteiger charge is 2.37. The molecular formula is C48H63FN4O8. The number of aryl methyl sites for hydroxylation is 1. The number of hydrogen-bond donors (Lipinski definition) is 2. The zero-order valence-corrected chi connectivity index (χ0v) is 38.0. The standard InChI is InChI=1S/C48H63FN4O8/c1-28(2)40-37(24-22-33-26-34(58-48(12,13)57-33)27-38(54)59-45(3,4)5)39(29-17-19-31(49)20-18-29)36-16-14-15-30-25-32(21-23-35(30)41(36)51-40)50-42(52-43(55)60-46(6,7)8)53-44(56)61-47(9,10)11/h17-25,28,33-34H,14-16,26-27H2,1-13H3,(H2,50,52,53,55,56)/t33-,34-/m1/s1. The smallest absolute Gasteiger partial charge is 0.414 e. The van der Waals surface area contributed by atoms with Crippen molar-refractivity contribution in [3.8, 4) is 22.4 Å². The molecule has 1 aliphatic carbocycles. The van der Waals surface area contributed by atoms with Gasteiger partial charge in [0.25, 0.3) is 0 Å². The summed E-state index contributed by atoms with van der Waals surface area (Å²) >= 11 is 0. The summed E-state index contributed by atoms with van der Waals surface area (Å²) in [4.78, 5) is 48.5. The first kappa shape index (κ1) is 46.9. The fraction of sp³-hybridized carbons (Fsp3) is 0.521. The second-order valence-corrected chi connectivity index (χ2v) is 19.4. The molecule has 2 amide bonds. The Morgan fingerprint density at radius 3 is 2.07 bits per heavy atom. The second-order valence-electron chi connectivity index (χ2n) is 19.4. The zero-order valence-electron chi connectivity index (χ0n) is 38.0. The van der Waals surface area contributed by atoms with Gasteiger partial charge >= 0.3 is 18.2 Å². The molecule has 0 unspecified atom stereocenters. The molecule has 3 aromatic rings. The van der Waals surface area contributed by atoms with Crippen LogP contribution in [-0.2, 0) is 41.3 Å². The number of pyridine rings is 1. The lowest BCUT2D eigenvalue weighted by Crippen LogP contribution is -2.47. The maximum Gasteiger partial charge on any atom is 0.414 e. The van der Waals surface area contributed by atoms with Crippen molar-refractivity contribution >= 4 is 35.9 Å². The average molecular weight is 843 g/mol. The summed E-state index contributed by atoms with van der Waals surface area (Å²) in [5.41, 5.74) is 5.64. The number of aliphatic imine (C=N–C) groups is 1. The third-order valence-electron chi connectivity index (χ3n) is 9.41. The molecule has 2 N–H and O–H groups in total. The number of ether oxygens (including phenoxy) is 5. The van der Waals surface area contributed by atoms with E-state index >= 15 is 0 Å². The minimum atomic E-state index is -0.947. The number of nitrogens with zero attached hydrogens (tertiary/aromatic N) is 2. The molecule has 13 heteroatoms. The van der Waals surface area contributed by atoms with Crippen molar-refractivity contribution in [1.82, 2.24) is 15.6 Å². The predicted molar refractivity (Wildman–Crippen MR) is 235 cm³/mol. The molecule has 2 aromatic carbocycles. The number of esters is 1. The Bertz CT molecular complexity index is 2130. The molecule has 1 fully saturated rings. The number of halogens is 1. The van der Waals surface area contributed by atoms with E-state index < -0.39 is 40.9 Å². The van der Waals surface area contributed by atoms with Gasteiger partial charge in [0.05, 0.1) is 35.7 Å². The molecule has 61 heavy (non-hydrogen) atoms. The van der Waals surface area contributed by atoms with Crippen LogP contribution in [0, 0.1) is 5.82 Å². The summed E-state index contributed by atoms with van der Waals surface area (Å²) in [7, 11) is 0. The van der Waals surface area contributed by atoms with Crippen molar-refractivity contribution in [2.75, 3.05) is 0 Å². The number of fused-ring (bicyclic) bond motifs is 3. The van der Waals surface area contributed by atoms with E-state index in [1.165, 1.54) is 12.1 Å². The summed E-state index contributed by atoms with van der Waals surface area (Å²) in [5, 5.41) is 5.11. The molecule has 1 saturated heterocycles. The zero-order chi connectivity index (χ0) is 45.1. The quantitative estimate of drug-likeness (QED) is 0.103. The maximum atomic E-state index is 14.4. The van der Waals surface area contributed by atoms with Gasteiger partial charge in [-0.1, -0.05) is 44.2 Å². The van der Waals surface area contributed by atoms with Gasteiger partial charge in [0.15, 0.2) is 5.79 Å². The fourth-order valence-electron chi connectivity index (χ4n) is 7.40. The van der Waals surface area contributed by atoms with Gasteiger partial charge in [0, 0.05) is 17.5 Å². The first-order valence-corrected chi connectivity index (χ1v) is 21.0. The number of aromatic nitrogens is 1. The van der Waals surface area contributed by atoms with E-state index in [1.54, 1.807) is 53.7 Å². The van der Waals surface area contributed by atoms with E-state index in [0.29, 0.717) is 24.9 Å². The number of hydrogen-bond acceptors (Lipinski definition) is 10. The van der Waals surface area contributed by atoms with Crippen LogP contribution in [-0.4, -0.2) is 63.9 Å². The lowest BCUT2D eigenvalue weighted by atomic mass is 9.86. The van der Waals surface area contributed by atoms with Crippen LogP contribution in [0.2, 0.25) is 0 Å². The van der Waals surface area contributed by atoms with E-state index in [0.717, 1.165) is 51.2 Å². The van der Waals surface area contributed by atoms with Crippen LogP contribution in [0.1, 0.15) is 138 Å². The van der Waals surface area contributed by atoms with Crippen molar-refractivity contribution in [2.45, 2.75) is 163 Å². The predicted octanol–water partition coefficient (Wildman–Crippen LogP) is 10.9. The SMILES string of the molecule is CC(C)c1nc2c(c(-c3ccc(F)cc3)c1C=C[C@@H]1C[C@H](CC(=O)OC(C)(C)C)OC(C)(C)O1)CCCc1cc(N=C(NC(=O)OC(C)(C)C)NC(=O)OC(C)(C)C)ccc1-2. The van der Waals surface area contributed by atoms with Crippen molar-refractivity contribution < 1.29 is 42.5 Å². The number of carbonyl (C=O) groups excluding carboxylic acids is 3. The Labute approximate surface area is 360 Å². The summed E-state index contributed by atoms with van der Waals surface area (Å²) in [6.07, 6.45) is 4.39. The van der Waals surface area contributed by atoms with E-state index in [4.69, 9.17) is 28.7 Å². The molecule has 1 aliphatic heterocycles. The summed E-state index contributed by atoms with van der Waals surface area (Å²) in [6, 6.07) is 12.2. The van der Waals surface area contributed by atoms with Crippen molar-refractivity contribution in [3.63, 3.8) is 0 Å². The van der Waals surface area contributed by atoms with E-state index in [1.807, 2.05) is 58.9 Å². The highest BCUT2D eigenvalue weighted by atomic mass is 19.1. The Kier molecular flexibility index (Phi) is 14.2. The number of carbonyl (C=O) groups is 3. The number of amides is 2. The van der Waals surface area contributed by atoms with Crippen molar-refractivity contribution in [3.05, 3.63) is 76.7 Å². The lowest BCUT2D eigenvalue weighted by Gasteiger charge is -2.40. The topological polar surface area (TPSA) is 147 Å². The highest BCUT2D eigenvalue weighted by molar-refractivity contribution is 6.02. The normalized spacial score (nSPS) is 17.8. The first-order valence-electron chi connectivity index (χ1n) is 21.0. The monoisotopic (exact) mass is 842 g/mol. The lowest BCUT2D eigenvalue weighted by molar-refractivity contribution is -0.290. The van der Waals surface area contributed by atoms with Gasteiger partial charge in [-0.2, -0.15) is 0 Å². The van der Waals surface area contributed by atoms with Crippen molar-refractivity contribution in [1.29, 1.82) is 0 Å². The summed E-state index contributed by atoms with van der Waals surface area (Å²) in [6.45, 7) is 23.8. The van der Waals surface area contributed by atoms with Crippen LogP contribution in [0.15, 0.2) is 53.5 Å². The molecule has 5 rings (SSSR count). The number of guanidine groups is 1. The third-order valence-corrected chi connectivity index (χ3v) is 9.41. The van der Waals surface area contributed by atoms with Gasteiger partial charge in [0.1, 0.15) is 22.6 Å². The molecule has 2 aliphatic rings. The molecule has 2 heterocycles. The van der Waals surface area contributed by atoms with Crippen molar-refractivity contribution in [2.24, 2.45) is 4.99 Å². The Morgan fingerprint density at radius 1 is 0.885 bits per heavy atom. The van der Waals surface area contributed by atoms with Crippen LogP contribution in [0.3, 0.4) is 0 Å². The molecule has 1 aromatic heterocycles. The Morgan fingerprint density at radius 2 is 1.49 bits per heavy atom. The number of rotatable bonds is 7. The summed E-state index contributed by atoms with van der Waals surface area (Å²) < 4.78 is 43.5. The molecule has 12 nitrogen and oxygen atoms in total. The van der Waals surface area contributed by atoms with Crippen LogP contribution >= 0.6 is 0 Å². The van der Waals surface area contributed by atoms with Crippen LogP contribution < -0.4 is 10.6 Å². The molecule has 0 saturated carbocycles. The number of benzene rings is 2. The highest BCUT2D eigenvalue weighted by Crippen LogP contribution is 2.43. The Hall–Kier alpha value is -5.14. The minimum absolute atomic E-state index is 0.00731. The van der Waals surface area contributed by atoms with Gasteiger partial charge in [-0.25, -0.2) is 19.0 Å². The molecular weight excluding hydrogens is 780 g/mol. The van der Waals surface area contributed by atoms with E-state index in [-0.39, 0.29) is 36.2 Å². The number of nitrogens with one attached hydrogen (secondary N) is 2. The Balaban J connectivity index is 1.58. The molecule has 0 spiro atoms. The van der Waals surface area contributed by atoms with E-state index in [2.05, 4.69) is 35.5 Å². The van der Waals surface area contributed by atoms with Crippen LogP contribution in [0.5, 0.6) is 0 Å². The third kappa shape index (κ3) is 13.7. The largest absolute Gasteiger partial charge is 0.460 e. The van der Waals surface area contributed by atoms with Gasteiger partial charge < -0.3 is 23.7 Å². The average Bonchev–Trinajstić information content (AvgIpc) is 3.26. The van der Waals surface area contributed by atoms with Gasteiger partial charge in [0.2, 0.25) is 5.96 Å². The molecule has 0 radical (unpaired) electrons. The summed E-state index contributed by atoms with van der Waals surface area (Å²) in [5.74, 6) is -1.77. The van der Waals surface area contributed by atoms with Crippen LogP contribution in [0.25, 0.3) is 28.5 Å². The van der Waals surface area contributed by atoms with E-state index in [9.17, 15) is 18.8 Å². The van der Waals surface area contributed by atoms with Gasteiger partial charge in [-0.05, 0) is 148 Å². The number of alkyl carbamates (subject to hydrolysis) is 2. The van der Waals surface area contributed by atoms with Crippen LogP contribution in [0.4, 0.5) is 19.7 Å². The minimum Gasteiger partial charge on any atom is -0.460 e. The van der Waals surface area contributed by atoms with Gasteiger partial charge in [-0.3, -0.25) is 20.4 Å². The first-order chi connectivity index (χ1) is 28.2.